The SMILES string of the molecule is CC(CNC(=O)OCCO)C1CC1. The van der Waals surface area contributed by atoms with Gasteiger partial charge in [-0.3, -0.25) is 0 Å². The van der Waals surface area contributed by atoms with Gasteiger partial charge in [0, 0.05) is 6.54 Å². The molecule has 1 aliphatic rings. The van der Waals surface area contributed by atoms with E-state index in [1.54, 1.807) is 0 Å². The summed E-state index contributed by atoms with van der Waals surface area (Å²) in [6.45, 7) is 2.76. The Bertz CT molecular complexity index is 168. The highest BCUT2D eigenvalue weighted by Gasteiger charge is 2.27. The monoisotopic (exact) mass is 187 g/mol. The number of hydrogen-bond acceptors (Lipinski definition) is 3. The molecular weight excluding hydrogens is 170 g/mol. The van der Waals surface area contributed by atoms with Gasteiger partial charge in [-0.1, -0.05) is 6.92 Å². The van der Waals surface area contributed by atoms with Crippen molar-refractivity contribution in [1.29, 1.82) is 0 Å². The second kappa shape index (κ2) is 5.07. The molecule has 0 heterocycles. The predicted octanol–water partition coefficient (Wildman–Crippen LogP) is 0.751. The molecule has 1 saturated carbocycles. The third-order valence-electron chi connectivity index (χ3n) is 2.32. The summed E-state index contributed by atoms with van der Waals surface area (Å²) in [6.07, 6.45) is 2.14. The number of ether oxygens (including phenoxy) is 1. The zero-order chi connectivity index (χ0) is 9.68. The lowest BCUT2D eigenvalue weighted by Crippen LogP contribution is -2.30. The van der Waals surface area contributed by atoms with E-state index in [1.807, 2.05) is 0 Å². The van der Waals surface area contributed by atoms with Gasteiger partial charge in [0.05, 0.1) is 6.61 Å². The van der Waals surface area contributed by atoms with E-state index in [0.717, 1.165) is 5.92 Å². The van der Waals surface area contributed by atoms with Crippen molar-refractivity contribution in [3.05, 3.63) is 0 Å². The minimum absolute atomic E-state index is 0.0731. The van der Waals surface area contributed by atoms with E-state index >= 15 is 0 Å². The summed E-state index contributed by atoms with van der Waals surface area (Å²) in [7, 11) is 0. The topological polar surface area (TPSA) is 58.6 Å². The number of carbonyl (C=O) groups excluding carboxylic acids is 1. The Hall–Kier alpha value is -0.770. The van der Waals surface area contributed by atoms with E-state index in [1.165, 1.54) is 12.8 Å². The number of alkyl carbamates (subject to hydrolysis) is 1. The van der Waals surface area contributed by atoms with E-state index in [9.17, 15) is 4.79 Å². The Morgan fingerprint density at radius 1 is 1.69 bits per heavy atom. The summed E-state index contributed by atoms with van der Waals surface area (Å²) in [4.78, 5) is 10.9. The molecule has 1 atom stereocenters. The quantitative estimate of drug-likeness (QED) is 0.667. The average Bonchev–Trinajstić information content (AvgIpc) is 2.93. The fraction of sp³-hybridized carbons (Fsp3) is 0.889. The molecule has 1 fully saturated rings. The van der Waals surface area contributed by atoms with Gasteiger partial charge in [0.25, 0.3) is 0 Å². The average molecular weight is 187 g/mol. The van der Waals surface area contributed by atoms with Gasteiger partial charge < -0.3 is 15.2 Å². The summed E-state index contributed by atoms with van der Waals surface area (Å²) in [5.74, 6) is 1.33. The highest BCUT2D eigenvalue weighted by Crippen LogP contribution is 2.35. The largest absolute Gasteiger partial charge is 0.447 e. The minimum Gasteiger partial charge on any atom is -0.447 e. The summed E-state index contributed by atoms with van der Waals surface area (Å²) < 4.78 is 4.64. The van der Waals surface area contributed by atoms with Crippen molar-refractivity contribution >= 4 is 6.09 Å². The first-order valence-electron chi connectivity index (χ1n) is 4.75. The van der Waals surface area contributed by atoms with Crippen LogP contribution in [0.5, 0.6) is 0 Å². The van der Waals surface area contributed by atoms with E-state index in [-0.39, 0.29) is 13.2 Å². The number of carbonyl (C=O) groups is 1. The third-order valence-corrected chi connectivity index (χ3v) is 2.32. The molecule has 1 aliphatic carbocycles. The first-order valence-corrected chi connectivity index (χ1v) is 4.75. The van der Waals surface area contributed by atoms with E-state index in [4.69, 9.17) is 5.11 Å². The Morgan fingerprint density at radius 2 is 2.38 bits per heavy atom. The van der Waals surface area contributed by atoms with Crippen molar-refractivity contribution in [1.82, 2.24) is 5.32 Å². The lowest BCUT2D eigenvalue weighted by atomic mass is 10.1. The fourth-order valence-electron chi connectivity index (χ4n) is 1.27. The van der Waals surface area contributed by atoms with Crippen molar-refractivity contribution in [2.45, 2.75) is 19.8 Å². The predicted molar refractivity (Wildman–Crippen MR) is 48.3 cm³/mol. The number of rotatable bonds is 5. The van der Waals surface area contributed by atoms with Gasteiger partial charge in [0.1, 0.15) is 6.61 Å². The molecule has 4 nitrogen and oxygen atoms in total. The highest BCUT2D eigenvalue weighted by atomic mass is 16.6. The van der Waals surface area contributed by atoms with Crippen LogP contribution in [-0.4, -0.2) is 31.0 Å². The maximum absolute atomic E-state index is 10.9. The number of aliphatic hydroxyl groups is 1. The molecule has 0 aliphatic heterocycles. The van der Waals surface area contributed by atoms with Crippen molar-refractivity contribution < 1.29 is 14.6 Å². The first-order chi connectivity index (χ1) is 6.24. The number of hydrogen-bond donors (Lipinski definition) is 2. The molecule has 13 heavy (non-hydrogen) atoms. The Balaban J connectivity index is 2.00. The van der Waals surface area contributed by atoms with Crippen molar-refractivity contribution in [3.8, 4) is 0 Å². The molecular formula is C9H17NO3. The standard InChI is InChI=1S/C9H17NO3/c1-7(8-2-3-8)6-10-9(12)13-5-4-11/h7-8,11H,2-6H2,1H3,(H,10,12). The second-order valence-corrected chi connectivity index (χ2v) is 3.56. The number of aliphatic hydroxyl groups excluding tert-OH is 1. The zero-order valence-electron chi connectivity index (χ0n) is 7.95. The van der Waals surface area contributed by atoms with E-state index in [2.05, 4.69) is 17.0 Å². The van der Waals surface area contributed by atoms with Crippen LogP contribution in [-0.2, 0) is 4.74 Å². The summed E-state index contributed by atoms with van der Waals surface area (Å²) in [5, 5.41) is 11.1. The first kappa shape index (κ1) is 10.3. The van der Waals surface area contributed by atoms with Crippen LogP contribution < -0.4 is 5.32 Å². The molecule has 2 N–H and O–H groups in total. The molecule has 4 heteroatoms. The van der Waals surface area contributed by atoms with Gasteiger partial charge >= 0.3 is 6.09 Å². The smallest absolute Gasteiger partial charge is 0.407 e. The molecule has 0 aromatic rings. The highest BCUT2D eigenvalue weighted by molar-refractivity contribution is 5.67. The molecule has 0 aromatic carbocycles. The zero-order valence-corrected chi connectivity index (χ0v) is 7.95. The van der Waals surface area contributed by atoms with Crippen molar-refractivity contribution in [2.75, 3.05) is 19.8 Å². The van der Waals surface area contributed by atoms with Crippen molar-refractivity contribution in [3.63, 3.8) is 0 Å². The summed E-state index contributed by atoms with van der Waals surface area (Å²) >= 11 is 0. The van der Waals surface area contributed by atoms with Gasteiger partial charge in [0.2, 0.25) is 0 Å². The third kappa shape index (κ3) is 4.12. The van der Waals surface area contributed by atoms with Gasteiger partial charge in [-0.15, -0.1) is 0 Å². The van der Waals surface area contributed by atoms with Crippen LogP contribution in [0, 0.1) is 11.8 Å². The Morgan fingerprint density at radius 3 is 2.92 bits per heavy atom. The van der Waals surface area contributed by atoms with E-state index in [0.29, 0.717) is 12.5 Å². The van der Waals surface area contributed by atoms with Crippen LogP contribution in [0.25, 0.3) is 0 Å². The van der Waals surface area contributed by atoms with Crippen LogP contribution in [0.1, 0.15) is 19.8 Å². The van der Waals surface area contributed by atoms with Crippen LogP contribution in [0.15, 0.2) is 0 Å². The van der Waals surface area contributed by atoms with Crippen LogP contribution in [0.2, 0.25) is 0 Å². The van der Waals surface area contributed by atoms with Crippen LogP contribution in [0.4, 0.5) is 4.79 Å². The number of amides is 1. The van der Waals surface area contributed by atoms with Gasteiger partial charge in [0.15, 0.2) is 0 Å². The van der Waals surface area contributed by atoms with E-state index < -0.39 is 6.09 Å². The van der Waals surface area contributed by atoms with Gasteiger partial charge in [-0.25, -0.2) is 4.79 Å². The molecule has 1 rings (SSSR count). The van der Waals surface area contributed by atoms with Gasteiger partial charge in [-0.05, 0) is 24.7 Å². The molecule has 1 unspecified atom stereocenters. The fourth-order valence-corrected chi connectivity index (χ4v) is 1.27. The minimum atomic E-state index is -0.429. The second-order valence-electron chi connectivity index (χ2n) is 3.56. The molecule has 0 radical (unpaired) electrons. The van der Waals surface area contributed by atoms with Gasteiger partial charge in [-0.2, -0.15) is 0 Å². The summed E-state index contributed by atoms with van der Waals surface area (Å²) in [6, 6.07) is 0. The molecule has 0 aromatic heterocycles. The molecule has 1 amide bonds. The lowest BCUT2D eigenvalue weighted by Gasteiger charge is -2.10. The Labute approximate surface area is 78.3 Å². The molecule has 0 saturated heterocycles. The normalized spacial score (nSPS) is 18.0. The maximum Gasteiger partial charge on any atom is 0.407 e. The van der Waals surface area contributed by atoms with Crippen molar-refractivity contribution in [2.24, 2.45) is 11.8 Å². The number of nitrogens with one attached hydrogen (secondary N) is 1. The maximum atomic E-state index is 10.9. The van der Waals surface area contributed by atoms with Crippen LogP contribution in [0.3, 0.4) is 0 Å². The molecule has 76 valence electrons. The van der Waals surface area contributed by atoms with Crippen LogP contribution >= 0.6 is 0 Å². The molecule has 0 spiro atoms. The lowest BCUT2D eigenvalue weighted by molar-refractivity contribution is 0.118. The Kier molecular flexibility index (Phi) is 4.02. The molecule has 0 bridgehead atoms. The summed E-state index contributed by atoms with van der Waals surface area (Å²) in [5.41, 5.74) is 0.